The largest absolute Gasteiger partial charge is 0.350 e. The van der Waals surface area contributed by atoms with E-state index in [9.17, 15) is 21.6 Å². The van der Waals surface area contributed by atoms with Crippen molar-refractivity contribution in [3.63, 3.8) is 0 Å². The second-order valence-electron chi connectivity index (χ2n) is 7.15. The number of carbonyl (C=O) groups is 1. The Morgan fingerprint density at radius 2 is 1.56 bits per heavy atom. The van der Waals surface area contributed by atoms with Crippen LogP contribution in [0.1, 0.15) is 21.2 Å². The first-order valence-corrected chi connectivity index (χ1v) is 12.6. The Bertz CT molecular complexity index is 1280. The Labute approximate surface area is 187 Å². The zero-order chi connectivity index (χ0) is 23.4. The second kappa shape index (κ2) is 9.60. The van der Waals surface area contributed by atoms with Crippen molar-refractivity contribution in [2.45, 2.75) is 15.0 Å². The molecule has 0 saturated carbocycles. The van der Waals surface area contributed by atoms with E-state index in [1.54, 1.807) is 30.3 Å². The molecule has 1 amide bonds. The van der Waals surface area contributed by atoms with Gasteiger partial charge in [0.1, 0.15) is 5.25 Å². The first-order valence-electron chi connectivity index (χ1n) is 9.63. The highest BCUT2D eigenvalue weighted by molar-refractivity contribution is 7.91. The van der Waals surface area contributed by atoms with Gasteiger partial charge in [-0.1, -0.05) is 24.3 Å². The first kappa shape index (κ1) is 23.6. The lowest BCUT2D eigenvalue weighted by molar-refractivity contribution is 0.0953. The zero-order valence-corrected chi connectivity index (χ0v) is 19.2. The first-order chi connectivity index (χ1) is 15.1. The van der Waals surface area contributed by atoms with E-state index in [2.05, 4.69) is 10.3 Å². The van der Waals surface area contributed by atoms with Crippen LogP contribution in [0.4, 0.5) is 0 Å². The van der Waals surface area contributed by atoms with Crippen LogP contribution in [0.25, 0.3) is 0 Å². The van der Waals surface area contributed by atoms with Gasteiger partial charge >= 0.3 is 0 Å². The second-order valence-corrected chi connectivity index (χ2v) is 11.4. The van der Waals surface area contributed by atoms with Crippen LogP contribution < -0.4 is 5.32 Å². The fourth-order valence-corrected chi connectivity index (χ4v) is 5.59. The molecule has 32 heavy (non-hydrogen) atoms. The van der Waals surface area contributed by atoms with E-state index in [-0.39, 0.29) is 21.9 Å². The van der Waals surface area contributed by atoms with Crippen LogP contribution in [0.3, 0.4) is 0 Å². The van der Waals surface area contributed by atoms with Gasteiger partial charge in [-0.15, -0.1) is 0 Å². The van der Waals surface area contributed by atoms with E-state index in [0.29, 0.717) is 5.56 Å². The number of carbonyl (C=O) groups excluding carboxylic acids is 1. The van der Waals surface area contributed by atoms with Crippen molar-refractivity contribution in [3.8, 4) is 0 Å². The van der Waals surface area contributed by atoms with Crippen LogP contribution in [0, 0.1) is 0 Å². The summed E-state index contributed by atoms with van der Waals surface area (Å²) in [6.45, 7) is -0.181. The number of nitrogens with one attached hydrogen (secondary N) is 1. The molecule has 10 heteroatoms. The lowest BCUT2D eigenvalue weighted by atomic mass is 10.2. The molecule has 1 unspecified atom stereocenters. The number of amides is 1. The van der Waals surface area contributed by atoms with E-state index < -0.39 is 31.0 Å². The molecule has 0 fully saturated rings. The van der Waals surface area contributed by atoms with Crippen LogP contribution >= 0.6 is 0 Å². The van der Waals surface area contributed by atoms with Crippen molar-refractivity contribution in [3.05, 3.63) is 90.3 Å². The van der Waals surface area contributed by atoms with Crippen molar-refractivity contribution in [2.75, 3.05) is 20.6 Å². The standard InChI is InChI=1S/C22H23N3O5S2/c1-25(2)32(29,30)20-12-10-17(11-13-20)22(26)24-16-21(18-7-6-14-23-15-18)31(27,28)19-8-4-3-5-9-19/h3-15,21H,16H2,1-2H3,(H,24,26). The average Bonchev–Trinajstić information content (AvgIpc) is 2.80. The molecule has 2 aromatic carbocycles. The minimum atomic E-state index is -3.81. The average molecular weight is 474 g/mol. The summed E-state index contributed by atoms with van der Waals surface area (Å²) < 4.78 is 51.9. The summed E-state index contributed by atoms with van der Waals surface area (Å²) in [5.74, 6) is -0.518. The third kappa shape index (κ3) is 5.04. The van der Waals surface area contributed by atoms with Crippen molar-refractivity contribution >= 4 is 25.8 Å². The lowest BCUT2D eigenvalue weighted by Gasteiger charge is -2.19. The van der Waals surface area contributed by atoms with E-state index in [0.717, 1.165) is 4.31 Å². The summed E-state index contributed by atoms with van der Waals surface area (Å²) in [5, 5.41) is 1.60. The Kier molecular flexibility index (Phi) is 7.07. The molecule has 1 atom stereocenters. The highest BCUT2D eigenvalue weighted by Gasteiger charge is 2.30. The molecule has 0 spiro atoms. The molecule has 3 rings (SSSR count). The van der Waals surface area contributed by atoms with Crippen molar-refractivity contribution < 1.29 is 21.6 Å². The topological polar surface area (TPSA) is 114 Å². The lowest BCUT2D eigenvalue weighted by Crippen LogP contribution is -2.32. The van der Waals surface area contributed by atoms with Crippen LogP contribution in [0.15, 0.2) is 88.9 Å². The third-order valence-electron chi connectivity index (χ3n) is 4.85. The molecule has 1 N–H and O–H groups in total. The van der Waals surface area contributed by atoms with Crippen LogP contribution in [0.2, 0.25) is 0 Å². The van der Waals surface area contributed by atoms with Crippen LogP contribution in [0.5, 0.6) is 0 Å². The summed E-state index contributed by atoms with van der Waals surface area (Å²) in [7, 11) is -4.59. The van der Waals surface area contributed by atoms with Gasteiger partial charge in [-0.05, 0) is 48.0 Å². The van der Waals surface area contributed by atoms with Crippen molar-refractivity contribution in [1.82, 2.24) is 14.6 Å². The highest BCUT2D eigenvalue weighted by Crippen LogP contribution is 2.28. The minimum absolute atomic E-state index is 0.0546. The maximum absolute atomic E-state index is 13.3. The SMILES string of the molecule is CN(C)S(=O)(=O)c1ccc(C(=O)NCC(c2cccnc2)S(=O)(=O)c2ccccc2)cc1. The number of sulfonamides is 1. The Morgan fingerprint density at radius 1 is 0.906 bits per heavy atom. The molecule has 1 heterocycles. The van der Waals surface area contributed by atoms with Crippen molar-refractivity contribution in [2.24, 2.45) is 0 Å². The molecule has 0 aliphatic heterocycles. The normalized spacial score (nSPS) is 13.0. The molecular formula is C22H23N3O5S2. The predicted molar refractivity (Wildman–Crippen MR) is 120 cm³/mol. The molecule has 0 saturated heterocycles. The molecule has 168 valence electrons. The van der Waals surface area contributed by atoms with E-state index in [1.807, 2.05) is 0 Å². The fraction of sp³-hybridized carbons (Fsp3) is 0.182. The van der Waals surface area contributed by atoms with Crippen molar-refractivity contribution in [1.29, 1.82) is 0 Å². The monoisotopic (exact) mass is 473 g/mol. The van der Waals surface area contributed by atoms with Gasteiger partial charge in [0, 0.05) is 38.6 Å². The molecule has 0 radical (unpaired) electrons. The summed E-state index contributed by atoms with van der Waals surface area (Å²) in [6.07, 6.45) is 3.00. The van der Waals surface area contributed by atoms with Gasteiger partial charge in [0.15, 0.2) is 9.84 Å². The Hall–Kier alpha value is -3.08. The van der Waals surface area contributed by atoms with Crippen LogP contribution in [-0.4, -0.2) is 52.7 Å². The third-order valence-corrected chi connectivity index (χ3v) is 8.79. The smallest absolute Gasteiger partial charge is 0.251 e. The molecule has 0 aliphatic rings. The fourth-order valence-electron chi connectivity index (χ4n) is 3.02. The number of hydrogen-bond acceptors (Lipinski definition) is 6. The molecule has 0 aliphatic carbocycles. The van der Waals surface area contributed by atoms with Gasteiger partial charge in [-0.3, -0.25) is 9.78 Å². The molecule has 3 aromatic rings. The number of nitrogens with zero attached hydrogens (tertiary/aromatic N) is 2. The van der Waals surface area contributed by atoms with Gasteiger partial charge in [-0.2, -0.15) is 0 Å². The molecular weight excluding hydrogens is 450 g/mol. The van der Waals surface area contributed by atoms with E-state index >= 15 is 0 Å². The zero-order valence-electron chi connectivity index (χ0n) is 17.5. The summed E-state index contributed by atoms with van der Waals surface area (Å²) in [4.78, 5) is 16.9. The van der Waals surface area contributed by atoms with Gasteiger partial charge in [0.25, 0.3) is 5.91 Å². The molecule has 0 bridgehead atoms. The number of rotatable bonds is 8. The van der Waals surface area contributed by atoms with Gasteiger partial charge in [0.05, 0.1) is 9.79 Å². The molecule has 8 nitrogen and oxygen atoms in total. The minimum Gasteiger partial charge on any atom is -0.350 e. The van der Waals surface area contributed by atoms with Crippen LogP contribution in [-0.2, 0) is 19.9 Å². The van der Waals surface area contributed by atoms with Gasteiger partial charge in [-0.25, -0.2) is 21.1 Å². The number of sulfone groups is 1. The Morgan fingerprint density at radius 3 is 2.12 bits per heavy atom. The van der Waals surface area contributed by atoms with E-state index in [1.165, 1.54) is 62.9 Å². The van der Waals surface area contributed by atoms with E-state index in [4.69, 9.17) is 0 Å². The molecule has 1 aromatic heterocycles. The number of hydrogen-bond donors (Lipinski definition) is 1. The Balaban J connectivity index is 1.83. The maximum Gasteiger partial charge on any atom is 0.251 e. The summed E-state index contributed by atoms with van der Waals surface area (Å²) in [6, 6.07) is 16.7. The summed E-state index contributed by atoms with van der Waals surface area (Å²) in [5.41, 5.74) is 0.661. The number of aromatic nitrogens is 1. The number of benzene rings is 2. The maximum atomic E-state index is 13.3. The van der Waals surface area contributed by atoms with Gasteiger partial charge in [0.2, 0.25) is 10.0 Å². The van der Waals surface area contributed by atoms with Gasteiger partial charge < -0.3 is 5.32 Å². The number of pyridine rings is 1. The quantitative estimate of drug-likeness (QED) is 0.537. The highest BCUT2D eigenvalue weighted by atomic mass is 32.2. The summed E-state index contributed by atoms with van der Waals surface area (Å²) >= 11 is 0. The predicted octanol–water partition coefficient (Wildman–Crippen LogP) is 2.28.